The monoisotopic (exact) mass is 630 g/mol. The fourth-order valence-corrected chi connectivity index (χ4v) is 4.03. The van der Waals surface area contributed by atoms with Crippen LogP contribution >= 0.6 is 15.9 Å². The minimum Gasteiger partial charge on any atom is -0.494 e. The first-order valence-electron chi connectivity index (χ1n) is 13.4. The highest BCUT2D eigenvalue weighted by atomic mass is 79.9. The molecule has 0 aromatic heterocycles. The second kappa shape index (κ2) is 15.4. The summed E-state index contributed by atoms with van der Waals surface area (Å²) in [4.78, 5) is 25.3. The van der Waals surface area contributed by atoms with Gasteiger partial charge in [-0.15, -0.1) is 0 Å². The molecule has 0 aliphatic rings. The lowest BCUT2D eigenvalue weighted by molar-refractivity contribution is -0.127. The van der Waals surface area contributed by atoms with Gasteiger partial charge in [-0.3, -0.25) is 4.79 Å². The van der Waals surface area contributed by atoms with Gasteiger partial charge in [0.2, 0.25) is 0 Å². The number of nitrogens with one attached hydrogen (secondary N) is 1. The van der Waals surface area contributed by atoms with Crippen LogP contribution in [-0.4, -0.2) is 30.8 Å². The normalized spacial score (nSPS) is 11.5. The Bertz CT molecular complexity index is 1490. The number of amides is 1. The van der Waals surface area contributed by atoms with Crippen molar-refractivity contribution in [1.82, 2.24) is 5.43 Å². The number of esters is 1. The highest BCUT2D eigenvalue weighted by molar-refractivity contribution is 9.10. The van der Waals surface area contributed by atoms with Crippen LogP contribution in [0.1, 0.15) is 41.8 Å². The molecule has 0 aliphatic carbocycles. The number of hydrogen-bond acceptors (Lipinski definition) is 7. The zero-order chi connectivity index (χ0) is 29.7. The molecule has 4 rings (SSSR count). The first-order chi connectivity index (χ1) is 20.4. The van der Waals surface area contributed by atoms with Crippen molar-refractivity contribution in [3.05, 3.63) is 118 Å². The number of nitrogens with zero attached hydrogens (tertiary/aromatic N) is 1. The summed E-state index contributed by atoms with van der Waals surface area (Å²) in [5.74, 6) is 1.19. The van der Waals surface area contributed by atoms with Crippen LogP contribution in [0.25, 0.3) is 0 Å². The predicted octanol–water partition coefficient (Wildman–Crippen LogP) is 6.95. The maximum Gasteiger partial charge on any atom is 0.343 e. The highest BCUT2D eigenvalue weighted by Crippen LogP contribution is 2.24. The Morgan fingerprint density at radius 3 is 2.26 bits per heavy atom. The predicted molar refractivity (Wildman–Crippen MR) is 164 cm³/mol. The maximum absolute atomic E-state index is 12.7. The third kappa shape index (κ3) is 9.21. The second-order valence-corrected chi connectivity index (χ2v) is 10.1. The zero-order valence-corrected chi connectivity index (χ0v) is 24.9. The molecule has 1 amide bonds. The van der Waals surface area contributed by atoms with Crippen molar-refractivity contribution >= 4 is 34.0 Å². The lowest BCUT2D eigenvalue weighted by Crippen LogP contribution is -2.33. The molecular formula is C33H31BrN2O6. The van der Waals surface area contributed by atoms with Gasteiger partial charge in [0.1, 0.15) is 29.6 Å². The molecule has 1 atom stereocenters. The number of hydrogen-bond donors (Lipinski definition) is 1. The molecule has 42 heavy (non-hydrogen) atoms. The molecule has 9 heteroatoms. The van der Waals surface area contributed by atoms with Crippen LogP contribution in [0.3, 0.4) is 0 Å². The van der Waals surface area contributed by atoms with Crippen LogP contribution < -0.4 is 24.4 Å². The van der Waals surface area contributed by atoms with Crippen LogP contribution in [0.4, 0.5) is 0 Å². The molecule has 0 fully saturated rings. The Balaban J connectivity index is 1.30. The summed E-state index contributed by atoms with van der Waals surface area (Å²) in [6.07, 6.45) is 1.48. The van der Waals surface area contributed by atoms with E-state index in [2.05, 4.69) is 26.5 Å². The van der Waals surface area contributed by atoms with E-state index in [1.165, 1.54) is 6.21 Å². The van der Waals surface area contributed by atoms with Crippen molar-refractivity contribution in [3.63, 3.8) is 0 Å². The van der Waals surface area contributed by atoms with Gasteiger partial charge in [-0.05, 0) is 85.6 Å². The fourth-order valence-electron chi connectivity index (χ4n) is 3.65. The third-order valence-electron chi connectivity index (χ3n) is 5.87. The molecular weight excluding hydrogens is 600 g/mol. The fraction of sp³-hybridized carbons (Fsp3) is 0.182. The molecule has 4 aromatic carbocycles. The van der Waals surface area contributed by atoms with Gasteiger partial charge < -0.3 is 18.9 Å². The minimum atomic E-state index is -0.817. The standard InChI is InChI=1S/C33H31BrN2O6/c1-3-19-39-28-12-9-25(10-13-28)33(38)42-31-18-11-27(34)20-26(31)21-35-36-32(37)23(2)41-30-16-14-29(15-17-30)40-22-24-7-5-4-6-8-24/h4-18,20-21,23H,3,19,22H2,1-2H3,(H,36,37)/b35-21-/t23-/m0/s1. The van der Waals surface area contributed by atoms with Gasteiger partial charge >= 0.3 is 5.97 Å². The van der Waals surface area contributed by atoms with Crippen LogP contribution in [0.5, 0.6) is 23.0 Å². The molecule has 0 bridgehead atoms. The van der Waals surface area contributed by atoms with E-state index in [4.69, 9.17) is 18.9 Å². The number of carbonyl (C=O) groups excluding carboxylic acids is 2. The molecule has 0 unspecified atom stereocenters. The van der Waals surface area contributed by atoms with Crippen molar-refractivity contribution in [3.8, 4) is 23.0 Å². The van der Waals surface area contributed by atoms with Gasteiger partial charge in [-0.1, -0.05) is 53.2 Å². The topological polar surface area (TPSA) is 95.5 Å². The highest BCUT2D eigenvalue weighted by Gasteiger charge is 2.15. The molecule has 1 N–H and O–H groups in total. The van der Waals surface area contributed by atoms with Gasteiger partial charge in [0.15, 0.2) is 6.10 Å². The molecule has 0 aliphatic heterocycles. The summed E-state index contributed by atoms with van der Waals surface area (Å²) in [6.45, 7) is 4.70. The molecule has 4 aromatic rings. The molecule has 0 saturated carbocycles. The van der Waals surface area contributed by atoms with Crippen molar-refractivity contribution < 1.29 is 28.5 Å². The van der Waals surface area contributed by atoms with Crippen LogP contribution in [0, 0.1) is 0 Å². The zero-order valence-electron chi connectivity index (χ0n) is 23.3. The van der Waals surface area contributed by atoms with Crippen molar-refractivity contribution in [2.24, 2.45) is 5.10 Å². The van der Waals surface area contributed by atoms with Gasteiger partial charge in [-0.2, -0.15) is 5.10 Å². The summed E-state index contributed by atoms with van der Waals surface area (Å²) >= 11 is 3.41. The van der Waals surface area contributed by atoms with E-state index < -0.39 is 18.0 Å². The second-order valence-electron chi connectivity index (χ2n) is 9.18. The molecule has 0 saturated heterocycles. The lowest BCUT2D eigenvalue weighted by Gasteiger charge is -2.14. The van der Waals surface area contributed by atoms with Gasteiger partial charge in [0, 0.05) is 10.0 Å². The Morgan fingerprint density at radius 1 is 0.881 bits per heavy atom. The largest absolute Gasteiger partial charge is 0.494 e. The Morgan fingerprint density at radius 2 is 1.55 bits per heavy atom. The lowest BCUT2D eigenvalue weighted by atomic mass is 10.2. The Kier molecular flexibility index (Phi) is 11.1. The number of benzene rings is 4. The van der Waals surface area contributed by atoms with E-state index in [0.29, 0.717) is 41.6 Å². The van der Waals surface area contributed by atoms with E-state index in [-0.39, 0.29) is 5.75 Å². The third-order valence-corrected chi connectivity index (χ3v) is 6.36. The van der Waals surface area contributed by atoms with Gasteiger partial charge in [-0.25, -0.2) is 10.2 Å². The number of hydrazone groups is 1. The smallest absolute Gasteiger partial charge is 0.343 e. The first-order valence-corrected chi connectivity index (χ1v) is 14.2. The molecule has 0 radical (unpaired) electrons. The van der Waals surface area contributed by atoms with Crippen LogP contribution in [-0.2, 0) is 11.4 Å². The number of rotatable bonds is 13. The minimum absolute atomic E-state index is 0.284. The number of carbonyl (C=O) groups is 2. The van der Waals surface area contributed by atoms with E-state index in [9.17, 15) is 9.59 Å². The van der Waals surface area contributed by atoms with E-state index in [0.717, 1.165) is 16.5 Å². The van der Waals surface area contributed by atoms with E-state index in [1.54, 1.807) is 73.7 Å². The van der Waals surface area contributed by atoms with Gasteiger partial charge in [0.05, 0.1) is 18.4 Å². The summed E-state index contributed by atoms with van der Waals surface area (Å²) < 4.78 is 23.4. The SMILES string of the molecule is CCCOc1ccc(C(=O)Oc2ccc(Br)cc2/C=N\NC(=O)[C@H](C)Oc2ccc(OCc3ccccc3)cc2)cc1. The average molecular weight is 632 g/mol. The van der Waals surface area contributed by atoms with E-state index >= 15 is 0 Å². The van der Waals surface area contributed by atoms with Gasteiger partial charge in [0.25, 0.3) is 5.91 Å². The number of ether oxygens (including phenoxy) is 4. The van der Waals surface area contributed by atoms with Crippen molar-refractivity contribution in [2.45, 2.75) is 33.0 Å². The summed E-state index contributed by atoms with van der Waals surface area (Å²) in [7, 11) is 0. The maximum atomic E-state index is 12.7. The number of halogens is 1. The summed E-state index contributed by atoms with van der Waals surface area (Å²) in [6, 6.07) is 28.8. The molecule has 0 spiro atoms. The Labute approximate surface area is 253 Å². The van der Waals surface area contributed by atoms with Crippen LogP contribution in [0.15, 0.2) is 107 Å². The van der Waals surface area contributed by atoms with Crippen LogP contribution in [0.2, 0.25) is 0 Å². The molecule has 216 valence electrons. The molecule has 0 heterocycles. The first kappa shape index (κ1) is 30.3. The Hall–Kier alpha value is -4.63. The van der Waals surface area contributed by atoms with E-state index in [1.807, 2.05) is 37.3 Å². The molecule has 8 nitrogen and oxygen atoms in total. The average Bonchev–Trinajstić information content (AvgIpc) is 3.01. The van der Waals surface area contributed by atoms with Crippen molar-refractivity contribution in [2.75, 3.05) is 6.61 Å². The summed E-state index contributed by atoms with van der Waals surface area (Å²) in [5.41, 5.74) is 4.40. The van der Waals surface area contributed by atoms with Crippen molar-refractivity contribution in [1.29, 1.82) is 0 Å². The summed E-state index contributed by atoms with van der Waals surface area (Å²) in [5, 5.41) is 4.04. The quantitative estimate of drug-likeness (QED) is 0.0743.